The number of nitrogens with one attached hydrogen (secondary N) is 1. The number of sulfonamides is 1. The summed E-state index contributed by atoms with van der Waals surface area (Å²) < 4.78 is 41.0. The first kappa shape index (κ1) is 15.9. The molecule has 0 saturated carbocycles. The van der Waals surface area contributed by atoms with Crippen LogP contribution in [0.4, 0.5) is 10.1 Å². The second-order valence-corrected chi connectivity index (χ2v) is 7.02. The molecule has 4 nitrogen and oxygen atoms in total. The van der Waals surface area contributed by atoms with Crippen LogP contribution in [-0.4, -0.2) is 13.5 Å². The fourth-order valence-electron chi connectivity index (χ4n) is 1.75. The van der Waals surface area contributed by atoms with E-state index in [1.165, 1.54) is 24.3 Å². The third-order valence-corrected chi connectivity index (χ3v) is 5.20. The van der Waals surface area contributed by atoms with E-state index in [4.69, 9.17) is 5.11 Å². The van der Waals surface area contributed by atoms with Gasteiger partial charge in [-0.1, -0.05) is 12.1 Å². The van der Waals surface area contributed by atoms with Gasteiger partial charge in [0.25, 0.3) is 10.0 Å². The van der Waals surface area contributed by atoms with Crippen molar-refractivity contribution in [1.82, 2.24) is 0 Å². The summed E-state index contributed by atoms with van der Waals surface area (Å²) in [6.07, 6.45) is 0. The van der Waals surface area contributed by atoms with Crippen molar-refractivity contribution in [2.75, 3.05) is 4.72 Å². The molecular formula is C14H13BrFNO3S. The average molecular weight is 374 g/mol. The van der Waals surface area contributed by atoms with Crippen molar-refractivity contribution < 1.29 is 17.9 Å². The predicted molar refractivity (Wildman–Crippen MR) is 82.0 cm³/mol. The van der Waals surface area contributed by atoms with Gasteiger partial charge in [-0.3, -0.25) is 4.72 Å². The van der Waals surface area contributed by atoms with Crippen LogP contribution in [0, 0.1) is 12.7 Å². The molecule has 2 aromatic carbocycles. The molecular weight excluding hydrogens is 361 g/mol. The number of rotatable bonds is 4. The van der Waals surface area contributed by atoms with Crippen molar-refractivity contribution >= 4 is 31.6 Å². The van der Waals surface area contributed by atoms with Crippen LogP contribution in [0.25, 0.3) is 0 Å². The smallest absolute Gasteiger partial charge is 0.263 e. The van der Waals surface area contributed by atoms with Crippen LogP contribution in [0.15, 0.2) is 45.8 Å². The number of aliphatic hydroxyl groups is 1. The Bertz CT molecular complexity index is 778. The minimum atomic E-state index is -3.96. The maximum atomic E-state index is 13.8. The van der Waals surface area contributed by atoms with Crippen molar-refractivity contribution in [2.24, 2.45) is 0 Å². The number of hydrogen-bond acceptors (Lipinski definition) is 3. The molecule has 7 heteroatoms. The molecule has 0 heterocycles. The maximum Gasteiger partial charge on any atom is 0.263 e. The van der Waals surface area contributed by atoms with Crippen LogP contribution < -0.4 is 4.72 Å². The Labute approximate surface area is 130 Å². The summed E-state index contributed by atoms with van der Waals surface area (Å²) in [6.45, 7) is 1.43. The van der Waals surface area contributed by atoms with Gasteiger partial charge in [-0.05, 0) is 58.2 Å². The highest BCUT2D eigenvalue weighted by Crippen LogP contribution is 2.26. The van der Waals surface area contributed by atoms with E-state index < -0.39 is 15.8 Å². The number of anilines is 1. The molecule has 0 saturated heterocycles. The molecule has 2 N–H and O–H groups in total. The molecule has 21 heavy (non-hydrogen) atoms. The van der Waals surface area contributed by atoms with Gasteiger partial charge in [0.15, 0.2) is 0 Å². The topological polar surface area (TPSA) is 66.4 Å². The van der Waals surface area contributed by atoms with Gasteiger partial charge in [0.1, 0.15) is 10.7 Å². The van der Waals surface area contributed by atoms with Crippen molar-refractivity contribution in [1.29, 1.82) is 0 Å². The molecule has 0 aromatic heterocycles. The molecule has 112 valence electrons. The normalized spacial score (nSPS) is 11.4. The Balaban J connectivity index is 2.43. The SMILES string of the molecule is Cc1ccc(NS(=O)(=O)c2cc(CO)ccc2Br)c(F)c1. The lowest BCUT2D eigenvalue weighted by Gasteiger charge is -2.11. The van der Waals surface area contributed by atoms with Crippen LogP contribution in [0.1, 0.15) is 11.1 Å². The van der Waals surface area contributed by atoms with E-state index in [1.807, 2.05) is 0 Å². The standard InChI is InChI=1S/C14H13BrFNO3S/c1-9-2-5-13(12(16)6-9)17-21(19,20)14-7-10(8-18)3-4-11(14)15/h2-7,17-18H,8H2,1H3. The summed E-state index contributed by atoms with van der Waals surface area (Å²) in [5, 5.41) is 9.09. The molecule has 0 aliphatic rings. The van der Waals surface area contributed by atoms with Crippen LogP contribution in [-0.2, 0) is 16.6 Å². The molecule has 0 fully saturated rings. The summed E-state index contributed by atoms with van der Waals surface area (Å²) in [4.78, 5) is -0.0611. The fourth-order valence-corrected chi connectivity index (χ4v) is 3.84. The van der Waals surface area contributed by atoms with Gasteiger partial charge < -0.3 is 5.11 Å². The minimum absolute atomic E-state index is 0.0611. The molecule has 0 radical (unpaired) electrons. The van der Waals surface area contributed by atoms with E-state index in [0.29, 0.717) is 15.6 Å². The van der Waals surface area contributed by atoms with E-state index in [0.717, 1.165) is 0 Å². The summed E-state index contributed by atoms with van der Waals surface area (Å²) >= 11 is 3.14. The largest absolute Gasteiger partial charge is 0.392 e. The summed E-state index contributed by atoms with van der Waals surface area (Å²) in [6, 6.07) is 8.67. The minimum Gasteiger partial charge on any atom is -0.392 e. The van der Waals surface area contributed by atoms with Crippen molar-refractivity contribution in [3.05, 3.63) is 57.8 Å². The van der Waals surface area contributed by atoms with Gasteiger partial charge >= 0.3 is 0 Å². The molecule has 2 aromatic rings. The third-order valence-electron chi connectivity index (χ3n) is 2.84. The van der Waals surface area contributed by atoms with E-state index in [-0.39, 0.29) is 17.2 Å². The Kier molecular flexibility index (Phi) is 4.65. The Morgan fingerprint density at radius 1 is 1.24 bits per heavy atom. The van der Waals surface area contributed by atoms with Crippen LogP contribution in [0.3, 0.4) is 0 Å². The maximum absolute atomic E-state index is 13.8. The number of aryl methyl sites for hydroxylation is 1. The zero-order valence-electron chi connectivity index (χ0n) is 11.1. The highest BCUT2D eigenvalue weighted by molar-refractivity contribution is 9.10. The molecule has 0 amide bonds. The molecule has 0 unspecified atom stereocenters. The van der Waals surface area contributed by atoms with Gasteiger partial charge in [0, 0.05) is 4.47 Å². The molecule has 0 aliphatic carbocycles. The second-order valence-electron chi connectivity index (χ2n) is 4.51. The predicted octanol–water partition coefficient (Wildman–Crippen LogP) is 3.19. The van der Waals surface area contributed by atoms with E-state index in [1.54, 1.807) is 19.1 Å². The molecule has 0 aliphatic heterocycles. The zero-order valence-corrected chi connectivity index (χ0v) is 13.5. The first-order valence-corrected chi connectivity index (χ1v) is 8.29. The number of benzene rings is 2. The Morgan fingerprint density at radius 2 is 1.95 bits per heavy atom. The lowest BCUT2D eigenvalue weighted by Crippen LogP contribution is -2.15. The Morgan fingerprint density at radius 3 is 2.57 bits per heavy atom. The van der Waals surface area contributed by atoms with Gasteiger partial charge in [-0.2, -0.15) is 0 Å². The summed E-state index contributed by atoms with van der Waals surface area (Å²) in [7, 11) is -3.96. The van der Waals surface area contributed by atoms with Crippen molar-refractivity contribution in [2.45, 2.75) is 18.4 Å². The number of aliphatic hydroxyl groups excluding tert-OH is 1. The summed E-state index contributed by atoms with van der Waals surface area (Å²) in [5.41, 5.74) is 1.02. The van der Waals surface area contributed by atoms with Gasteiger partial charge in [-0.15, -0.1) is 0 Å². The van der Waals surface area contributed by atoms with Crippen molar-refractivity contribution in [3.8, 4) is 0 Å². The van der Waals surface area contributed by atoms with E-state index >= 15 is 0 Å². The van der Waals surface area contributed by atoms with Crippen LogP contribution in [0.5, 0.6) is 0 Å². The van der Waals surface area contributed by atoms with Crippen LogP contribution >= 0.6 is 15.9 Å². The lowest BCUT2D eigenvalue weighted by molar-refractivity contribution is 0.281. The quantitative estimate of drug-likeness (QED) is 0.864. The third kappa shape index (κ3) is 3.61. The monoisotopic (exact) mass is 373 g/mol. The zero-order chi connectivity index (χ0) is 15.6. The molecule has 0 spiro atoms. The summed E-state index contributed by atoms with van der Waals surface area (Å²) in [5.74, 6) is -0.645. The highest BCUT2D eigenvalue weighted by atomic mass is 79.9. The lowest BCUT2D eigenvalue weighted by atomic mass is 10.2. The van der Waals surface area contributed by atoms with Gasteiger partial charge in [0.05, 0.1) is 12.3 Å². The van der Waals surface area contributed by atoms with Gasteiger partial charge in [-0.25, -0.2) is 12.8 Å². The van der Waals surface area contributed by atoms with E-state index in [9.17, 15) is 12.8 Å². The molecule has 2 rings (SSSR count). The van der Waals surface area contributed by atoms with Crippen LogP contribution in [0.2, 0.25) is 0 Å². The second kappa shape index (κ2) is 6.13. The number of halogens is 2. The Hall–Kier alpha value is -1.44. The molecule has 0 bridgehead atoms. The first-order chi connectivity index (χ1) is 9.83. The first-order valence-electron chi connectivity index (χ1n) is 6.02. The molecule has 0 atom stereocenters. The average Bonchev–Trinajstić information content (AvgIpc) is 2.42. The van der Waals surface area contributed by atoms with Gasteiger partial charge in [0.2, 0.25) is 0 Å². The van der Waals surface area contributed by atoms with Crippen molar-refractivity contribution in [3.63, 3.8) is 0 Å². The fraction of sp³-hybridized carbons (Fsp3) is 0.143. The number of hydrogen-bond donors (Lipinski definition) is 2. The highest BCUT2D eigenvalue weighted by Gasteiger charge is 2.20. The van der Waals surface area contributed by atoms with E-state index in [2.05, 4.69) is 20.7 Å².